The number of benzene rings is 3. The van der Waals surface area contributed by atoms with Crippen molar-refractivity contribution in [3.8, 4) is 0 Å². The van der Waals surface area contributed by atoms with Crippen molar-refractivity contribution >= 4 is 58.0 Å². The Morgan fingerprint density at radius 3 is 1.12 bits per heavy atom. The molecule has 0 spiro atoms. The average molecular weight is 574 g/mol. The molecule has 0 aliphatic heterocycles. The molecule has 0 aromatic heterocycles. The van der Waals surface area contributed by atoms with Crippen molar-refractivity contribution in [1.82, 2.24) is 0 Å². The molecule has 0 atom stereocenters. The molecule has 3 rings (SSSR count). The molecule has 0 saturated heterocycles. The molecule has 3 aromatic rings. The van der Waals surface area contributed by atoms with Crippen molar-refractivity contribution in [2.45, 2.75) is 20.8 Å². The van der Waals surface area contributed by atoms with Crippen LogP contribution < -0.4 is 15.9 Å². The highest BCUT2D eigenvalue weighted by Gasteiger charge is 2.46. The van der Waals surface area contributed by atoms with Crippen LogP contribution in [0.15, 0.2) is 36.4 Å². The van der Waals surface area contributed by atoms with E-state index in [1.54, 1.807) is 26.8 Å². The number of nitro benzene ring substituents is 6. The summed E-state index contributed by atoms with van der Waals surface area (Å²) in [4.78, 5) is 63.4. The molecule has 0 unspecified atom stereocenters. The van der Waals surface area contributed by atoms with Crippen molar-refractivity contribution in [3.63, 3.8) is 0 Å². The third-order valence-corrected chi connectivity index (χ3v) is 8.74. The van der Waals surface area contributed by atoms with Gasteiger partial charge in [0.15, 0.2) is 0 Å². The van der Waals surface area contributed by atoms with E-state index < -0.39 is 82.2 Å². The highest BCUT2D eigenvalue weighted by Crippen LogP contribution is 2.48. The van der Waals surface area contributed by atoms with Gasteiger partial charge in [0.2, 0.25) is 0 Å². The van der Waals surface area contributed by atoms with Gasteiger partial charge in [-0.3, -0.25) is 60.7 Å². The number of rotatable bonds is 9. The summed E-state index contributed by atoms with van der Waals surface area (Å²) >= 11 is 0. The number of aryl methyl sites for hydroxylation is 1. The van der Waals surface area contributed by atoms with Gasteiger partial charge in [0.05, 0.1) is 40.1 Å². The lowest BCUT2D eigenvalue weighted by Crippen LogP contribution is -2.28. The predicted molar refractivity (Wildman–Crippen MR) is 139 cm³/mol. The number of nitro groups is 6. The van der Waals surface area contributed by atoms with E-state index in [1.165, 1.54) is 6.07 Å². The van der Waals surface area contributed by atoms with E-state index >= 15 is 0 Å². The highest BCUT2D eigenvalue weighted by atomic mass is 31.1. The van der Waals surface area contributed by atoms with Crippen LogP contribution in [-0.2, 0) is 0 Å². The first kappa shape index (κ1) is 29.1. The lowest BCUT2D eigenvalue weighted by molar-refractivity contribution is -0.440. The van der Waals surface area contributed by atoms with Gasteiger partial charge in [0.25, 0.3) is 0 Å². The summed E-state index contributed by atoms with van der Waals surface area (Å²) in [6, 6.07) is 5.85. The molecular weight excluding hydrogens is 559 g/mol. The predicted octanol–water partition coefficient (Wildman–Crippen LogP) is 3.82. The summed E-state index contributed by atoms with van der Waals surface area (Å²) in [6.07, 6.45) is 0. The van der Waals surface area contributed by atoms with Gasteiger partial charge in [0.1, 0.15) is 0 Å². The van der Waals surface area contributed by atoms with Crippen LogP contribution in [0.3, 0.4) is 0 Å². The topological polar surface area (TPSA) is 259 Å². The van der Waals surface area contributed by atoms with E-state index in [0.717, 1.165) is 17.7 Å². The molecule has 0 fully saturated rings. The number of hydrogen-bond donors (Lipinski definition) is 0. The molecule has 0 bridgehead atoms. The molecule has 40 heavy (non-hydrogen) atoms. The molecule has 0 N–H and O–H groups in total. The van der Waals surface area contributed by atoms with Crippen molar-refractivity contribution in [2.24, 2.45) is 0 Å². The van der Waals surface area contributed by atoms with Gasteiger partial charge in [-0.1, -0.05) is 12.1 Å². The minimum atomic E-state index is -2.68. The summed E-state index contributed by atoms with van der Waals surface area (Å²) in [6.45, 7) is 4.91. The molecular formula is C21H15N6O12P. The fourth-order valence-corrected chi connectivity index (χ4v) is 6.82. The van der Waals surface area contributed by atoms with Gasteiger partial charge in [-0.15, -0.1) is 0 Å². The monoisotopic (exact) mass is 574 g/mol. The second kappa shape index (κ2) is 10.7. The third kappa shape index (κ3) is 4.85. The summed E-state index contributed by atoms with van der Waals surface area (Å²) in [5.74, 6) is 0. The Morgan fingerprint density at radius 1 is 0.450 bits per heavy atom. The molecule has 0 heterocycles. The fourth-order valence-electron chi connectivity index (χ4n) is 4.07. The summed E-state index contributed by atoms with van der Waals surface area (Å²) in [5.41, 5.74) is -6.39. The van der Waals surface area contributed by atoms with E-state index in [2.05, 4.69) is 0 Å². The number of nitrogens with zero attached hydrogens (tertiary/aromatic N) is 6. The Hall–Kier alpha value is -5.51. The van der Waals surface area contributed by atoms with Crippen LogP contribution >= 0.6 is 7.92 Å². The van der Waals surface area contributed by atoms with E-state index in [-0.39, 0.29) is 5.30 Å². The van der Waals surface area contributed by atoms with Gasteiger partial charge in [-0.25, -0.2) is 0 Å². The van der Waals surface area contributed by atoms with Crippen LogP contribution in [0.4, 0.5) is 34.1 Å². The molecule has 0 saturated carbocycles. The first-order valence-electron chi connectivity index (χ1n) is 10.7. The van der Waals surface area contributed by atoms with Gasteiger partial charge in [-0.05, 0) is 54.9 Å². The summed E-state index contributed by atoms with van der Waals surface area (Å²) in [5, 5.41) is 70.0. The van der Waals surface area contributed by atoms with E-state index in [9.17, 15) is 60.7 Å². The van der Waals surface area contributed by atoms with Crippen molar-refractivity contribution in [1.29, 1.82) is 0 Å². The summed E-state index contributed by atoms with van der Waals surface area (Å²) in [7, 11) is -2.68. The SMILES string of the molecule is Cc1ccc(P(c2ccc([N+](=O)[O-])c([N+](=O)[O-])c2[N+](=O)[O-])c2ccc([N+](=O)[O-])c([N+](=O)[O-])c2[N+](=O)[O-])c(C)c1C. The van der Waals surface area contributed by atoms with Gasteiger partial charge in [0, 0.05) is 20.1 Å². The maximum Gasteiger partial charge on any atom is 0.423 e. The Morgan fingerprint density at radius 2 is 0.800 bits per heavy atom. The van der Waals surface area contributed by atoms with E-state index in [1.807, 2.05) is 0 Å². The Kier molecular flexibility index (Phi) is 7.77. The Bertz CT molecular complexity index is 1580. The van der Waals surface area contributed by atoms with Gasteiger partial charge >= 0.3 is 34.1 Å². The zero-order chi connectivity index (χ0) is 30.2. The van der Waals surface area contributed by atoms with Crippen molar-refractivity contribution in [3.05, 3.63) is 114 Å². The van der Waals surface area contributed by atoms with Crippen LogP contribution in [-0.4, -0.2) is 29.5 Å². The van der Waals surface area contributed by atoms with E-state index in [4.69, 9.17) is 0 Å². The molecule has 19 heteroatoms. The molecule has 206 valence electrons. The molecule has 0 aliphatic carbocycles. The molecule has 3 aromatic carbocycles. The quantitative estimate of drug-likeness (QED) is 0.201. The Labute approximate surface area is 222 Å². The van der Waals surface area contributed by atoms with Gasteiger partial charge < -0.3 is 0 Å². The molecule has 0 radical (unpaired) electrons. The van der Waals surface area contributed by atoms with E-state index in [0.29, 0.717) is 23.3 Å². The standard InChI is InChI=1S/C21H15N6O12P/c1-10-4-7-15(12(3)11(10)2)40(16-8-5-13(22(28)29)18(24(32)33)20(16)26(36)37)17-9-6-14(23(30)31)19(25(34)35)21(17)27(38)39/h4-9H,1-3H3. The van der Waals surface area contributed by atoms with Crippen molar-refractivity contribution in [2.75, 3.05) is 0 Å². The maximum atomic E-state index is 12.2. The maximum absolute atomic E-state index is 12.2. The second-order valence-corrected chi connectivity index (χ2v) is 10.2. The Balaban J connectivity index is 2.68. The molecule has 0 aliphatic rings. The third-order valence-electron chi connectivity index (χ3n) is 6.09. The zero-order valence-electron chi connectivity index (χ0n) is 20.5. The normalized spacial score (nSPS) is 10.8. The van der Waals surface area contributed by atoms with Crippen LogP contribution in [0.1, 0.15) is 16.7 Å². The zero-order valence-corrected chi connectivity index (χ0v) is 21.4. The molecule has 18 nitrogen and oxygen atoms in total. The van der Waals surface area contributed by atoms with Crippen LogP contribution in [0, 0.1) is 81.5 Å². The van der Waals surface area contributed by atoms with Crippen LogP contribution in [0.5, 0.6) is 0 Å². The smallest absolute Gasteiger partial charge is 0.258 e. The fraction of sp³-hybridized carbons (Fsp3) is 0.143. The van der Waals surface area contributed by atoms with Crippen molar-refractivity contribution < 1.29 is 29.5 Å². The lowest BCUT2D eigenvalue weighted by Gasteiger charge is -2.22. The highest BCUT2D eigenvalue weighted by molar-refractivity contribution is 7.80. The summed E-state index contributed by atoms with van der Waals surface area (Å²) < 4.78 is 0. The molecule has 0 amide bonds. The minimum Gasteiger partial charge on any atom is -0.258 e. The van der Waals surface area contributed by atoms with Crippen LogP contribution in [0.25, 0.3) is 0 Å². The van der Waals surface area contributed by atoms with Crippen LogP contribution in [0.2, 0.25) is 0 Å². The second-order valence-electron chi connectivity index (χ2n) is 8.13. The lowest BCUT2D eigenvalue weighted by atomic mass is 10.1. The van der Waals surface area contributed by atoms with Gasteiger partial charge in [-0.2, -0.15) is 0 Å². The average Bonchev–Trinajstić information content (AvgIpc) is 2.87. The first-order chi connectivity index (χ1) is 18.6. The number of hydrogen-bond acceptors (Lipinski definition) is 12. The minimum absolute atomic E-state index is 0.135. The first-order valence-corrected chi connectivity index (χ1v) is 12.0. The largest absolute Gasteiger partial charge is 0.423 e.